The third kappa shape index (κ3) is 3.24. The Morgan fingerprint density at radius 1 is 1.33 bits per heavy atom. The second kappa shape index (κ2) is 5.99. The second-order valence-corrected chi connectivity index (χ2v) is 5.99. The maximum Gasteiger partial charge on any atom is 0.263 e. The molecule has 1 heterocycles. The topological polar surface area (TPSA) is 92.1 Å². The van der Waals surface area contributed by atoms with Crippen LogP contribution >= 0.6 is 11.6 Å². The van der Waals surface area contributed by atoms with Crippen LogP contribution in [0.5, 0.6) is 5.75 Å². The Balaban J connectivity index is 2.46. The van der Waals surface area contributed by atoms with Crippen LogP contribution in [0.1, 0.15) is 5.56 Å². The number of sulfonamides is 1. The molecule has 108 valence electrons. The molecule has 1 aromatic carbocycles. The highest BCUT2D eigenvalue weighted by Gasteiger charge is 2.19. The van der Waals surface area contributed by atoms with Gasteiger partial charge in [0.1, 0.15) is 27.6 Å². The van der Waals surface area contributed by atoms with Crippen LogP contribution in [0.15, 0.2) is 41.4 Å². The van der Waals surface area contributed by atoms with Crippen LogP contribution in [0.3, 0.4) is 0 Å². The zero-order chi connectivity index (χ0) is 15.5. The van der Waals surface area contributed by atoms with E-state index in [-0.39, 0.29) is 27.0 Å². The zero-order valence-electron chi connectivity index (χ0n) is 10.9. The van der Waals surface area contributed by atoms with Crippen molar-refractivity contribution in [3.63, 3.8) is 0 Å². The van der Waals surface area contributed by atoms with E-state index in [0.717, 1.165) is 6.20 Å². The smallest absolute Gasteiger partial charge is 0.263 e. The third-order valence-electron chi connectivity index (χ3n) is 2.61. The first-order valence-corrected chi connectivity index (χ1v) is 7.55. The van der Waals surface area contributed by atoms with E-state index in [2.05, 4.69) is 9.71 Å². The molecule has 0 bridgehead atoms. The van der Waals surface area contributed by atoms with Gasteiger partial charge in [-0.05, 0) is 24.3 Å². The van der Waals surface area contributed by atoms with Crippen LogP contribution in [0.4, 0.5) is 5.69 Å². The van der Waals surface area contributed by atoms with Crippen molar-refractivity contribution in [3.05, 3.63) is 47.2 Å². The number of ether oxygens (including phenoxy) is 1. The van der Waals surface area contributed by atoms with Gasteiger partial charge in [-0.1, -0.05) is 17.7 Å². The van der Waals surface area contributed by atoms with Crippen LogP contribution in [0.2, 0.25) is 5.15 Å². The highest BCUT2D eigenvalue weighted by atomic mass is 35.5. The number of rotatable bonds is 4. The number of hydrogen-bond donors (Lipinski definition) is 1. The minimum atomic E-state index is -3.90. The molecule has 6 nitrogen and oxygen atoms in total. The minimum absolute atomic E-state index is 0.0679. The minimum Gasteiger partial charge on any atom is -0.495 e. The van der Waals surface area contributed by atoms with Crippen LogP contribution in [-0.2, 0) is 10.0 Å². The molecule has 0 radical (unpaired) electrons. The summed E-state index contributed by atoms with van der Waals surface area (Å²) < 4.78 is 32.0. The number of para-hydroxylation sites is 1. The Morgan fingerprint density at radius 3 is 2.67 bits per heavy atom. The van der Waals surface area contributed by atoms with E-state index in [0.29, 0.717) is 0 Å². The van der Waals surface area contributed by atoms with E-state index in [1.54, 1.807) is 12.1 Å². The fourth-order valence-electron chi connectivity index (χ4n) is 1.61. The number of halogens is 1. The normalized spacial score (nSPS) is 10.7. The Bertz CT molecular complexity index is 798. The van der Waals surface area contributed by atoms with Gasteiger partial charge in [-0.2, -0.15) is 5.26 Å². The van der Waals surface area contributed by atoms with E-state index in [1.807, 2.05) is 6.07 Å². The number of nitriles is 1. The SMILES string of the molecule is COc1cccc(C#N)c1NS(=O)(=O)c1ccc(Cl)nc1. The molecule has 1 aromatic heterocycles. The number of benzene rings is 1. The number of nitrogens with one attached hydrogen (secondary N) is 1. The first-order valence-electron chi connectivity index (χ1n) is 5.69. The standard InChI is InChI=1S/C13H10ClN3O3S/c1-20-11-4-2-3-9(7-15)13(11)17-21(18,19)10-5-6-12(14)16-8-10/h2-6,8,17H,1H3. The molecule has 0 saturated heterocycles. The number of aromatic nitrogens is 1. The molecule has 0 fully saturated rings. The molecular weight excluding hydrogens is 314 g/mol. The Morgan fingerprint density at radius 2 is 2.10 bits per heavy atom. The second-order valence-electron chi connectivity index (χ2n) is 3.92. The summed E-state index contributed by atoms with van der Waals surface area (Å²) in [6.45, 7) is 0. The maximum atomic E-state index is 12.3. The number of hydrogen-bond acceptors (Lipinski definition) is 5. The first kappa shape index (κ1) is 15.1. The summed E-state index contributed by atoms with van der Waals surface area (Å²) in [5.41, 5.74) is 0.234. The van der Waals surface area contributed by atoms with Crippen LogP contribution in [-0.4, -0.2) is 20.5 Å². The molecule has 2 rings (SSSR count). The van der Waals surface area contributed by atoms with E-state index in [9.17, 15) is 8.42 Å². The molecule has 0 spiro atoms. The molecule has 0 amide bonds. The maximum absolute atomic E-state index is 12.3. The largest absolute Gasteiger partial charge is 0.495 e. The molecule has 0 atom stereocenters. The number of pyridine rings is 1. The summed E-state index contributed by atoms with van der Waals surface area (Å²) >= 11 is 5.63. The molecule has 0 aliphatic rings. The molecule has 0 aliphatic heterocycles. The highest BCUT2D eigenvalue weighted by molar-refractivity contribution is 7.92. The third-order valence-corrected chi connectivity index (χ3v) is 4.17. The van der Waals surface area contributed by atoms with Gasteiger partial charge < -0.3 is 4.74 Å². The van der Waals surface area contributed by atoms with Crippen molar-refractivity contribution in [2.45, 2.75) is 4.90 Å². The van der Waals surface area contributed by atoms with Gasteiger partial charge in [-0.3, -0.25) is 4.72 Å². The van der Waals surface area contributed by atoms with Crippen LogP contribution in [0.25, 0.3) is 0 Å². The van der Waals surface area contributed by atoms with E-state index in [1.165, 1.54) is 25.3 Å². The zero-order valence-corrected chi connectivity index (χ0v) is 12.4. The predicted octanol–water partition coefficient (Wildman–Crippen LogP) is 2.42. The van der Waals surface area contributed by atoms with E-state index in [4.69, 9.17) is 21.6 Å². The highest BCUT2D eigenvalue weighted by Crippen LogP contribution is 2.30. The molecule has 21 heavy (non-hydrogen) atoms. The van der Waals surface area contributed by atoms with Crippen molar-refractivity contribution < 1.29 is 13.2 Å². The molecule has 1 N–H and O–H groups in total. The summed E-state index contributed by atoms with van der Waals surface area (Å²) in [6, 6.07) is 9.23. The van der Waals surface area contributed by atoms with Gasteiger partial charge in [0.2, 0.25) is 0 Å². The lowest BCUT2D eigenvalue weighted by Gasteiger charge is -2.12. The number of methoxy groups -OCH3 is 1. The summed E-state index contributed by atoms with van der Waals surface area (Å²) in [5, 5.41) is 9.26. The predicted molar refractivity (Wildman–Crippen MR) is 77.8 cm³/mol. The molecule has 2 aromatic rings. The Kier molecular flexibility index (Phi) is 4.31. The van der Waals surface area contributed by atoms with Crippen molar-refractivity contribution in [2.75, 3.05) is 11.8 Å². The lowest BCUT2D eigenvalue weighted by molar-refractivity contribution is 0.416. The summed E-state index contributed by atoms with van der Waals surface area (Å²) in [4.78, 5) is 3.65. The molecule has 8 heteroatoms. The van der Waals surface area contributed by atoms with Crippen LogP contribution in [0, 0.1) is 11.3 Å². The Hall–Kier alpha value is -2.30. The summed E-state index contributed by atoms with van der Waals surface area (Å²) in [5.74, 6) is 0.250. The van der Waals surface area contributed by atoms with Gasteiger partial charge in [-0.15, -0.1) is 0 Å². The van der Waals surface area contributed by atoms with Crippen molar-refractivity contribution >= 4 is 27.3 Å². The van der Waals surface area contributed by atoms with Gasteiger partial charge in [0.05, 0.1) is 12.7 Å². The van der Waals surface area contributed by atoms with Gasteiger partial charge in [0.25, 0.3) is 10.0 Å². The van der Waals surface area contributed by atoms with Gasteiger partial charge >= 0.3 is 0 Å². The quantitative estimate of drug-likeness (QED) is 0.872. The molecular formula is C13H10ClN3O3S. The fraction of sp³-hybridized carbons (Fsp3) is 0.0769. The van der Waals surface area contributed by atoms with Gasteiger partial charge in [0.15, 0.2) is 0 Å². The van der Waals surface area contributed by atoms with Gasteiger partial charge in [0, 0.05) is 6.20 Å². The van der Waals surface area contributed by atoms with Gasteiger partial charge in [-0.25, -0.2) is 13.4 Å². The number of anilines is 1. The van der Waals surface area contributed by atoms with Crippen molar-refractivity contribution in [3.8, 4) is 11.8 Å². The van der Waals surface area contributed by atoms with Crippen LogP contribution < -0.4 is 9.46 Å². The lowest BCUT2D eigenvalue weighted by atomic mass is 10.2. The first-order chi connectivity index (χ1) is 9.97. The van der Waals surface area contributed by atoms with E-state index >= 15 is 0 Å². The summed E-state index contributed by atoms with van der Waals surface area (Å²) in [6.07, 6.45) is 1.13. The fourth-order valence-corrected chi connectivity index (χ4v) is 2.76. The van der Waals surface area contributed by atoms with E-state index < -0.39 is 10.0 Å². The Labute approximate surface area is 127 Å². The average Bonchev–Trinajstić information content (AvgIpc) is 2.47. The van der Waals surface area contributed by atoms with Crippen molar-refractivity contribution in [1.29, 1.82) is 5.26 Å². The molecule has 0 aliphatic carbocycles. The van der Waals surface area contributed by atoms with Crippen molar-refractivity contribution in [2.24, 2.45) is 0 Å². The summed E-state index contributed by atoms with van der Waals surface area (Å²) in [7, 11) is -2.51. The average molecular weight is 324 g/mol. The number of nitrogens with zero attached hydrogens (tertiary/aromatic N) is 2. The van der Waals surface area contributed by atoms with Crippen molar-refractivity contribution in [1.82, 2.24) is 4.98 Å². The molecule has 0 unspecified atom stereocenters. The lowest BCUT2D eigenvalue weighted by Crippen LogP contribution is -2.15. The monoisotopic (exact) mass is 323 g/mol. The molecule has 0 saturated carbocycles.